The van der Waals surface area contributed by atoms with Gasteiger partial charge in [-0.1, -0.05) is 24.3 Å². The first-order valence-electron chi connectivity index (χ1n) is 11.5. The van der Waals surface area contributed by atoms with Crippen LogP contribution in [0.4, 0.5) is 0 Å². The topological polar surface area (TPSA) is 102 Å². The number of fused-ring (bicyclic) bond motifs is 1. The summed E-state index contributed by atoms with van der Waals surface area (Å²) in [6, 6.07) is 15.7. The number of methoxy groups -OCH3 is 3. The lowest BCUT2D eigenvalue weighted by Gasteiger charge is -2.18. The van der Waals surface area contributed by atoms with E-state index in [-0.39, 0.29) is 29.1 Å². The minimum atomic E-state index is -0.664. The van der Waals surface area contributed by atoms with E-state index in [1.165, 1.54) is 18.8 Å². The van der Waals surface area contributed by atoms with Crippen molar-refractivity contribution in [3.63, 3.8) is 0 Å². The molecule has 0 saturated heterocycles. The Bertz CT molecular complexity index is 1580. The van der Waals surface area contributed by atoms with Gasteiger partial charge in [-0.15, -0.1) is 0 Å². The molecule has 5 rings (SSSR count). The third kappa shape index (κ3) is 4.02. The highest BCUT2D eigenvalue weighted by Gasteiger charge is 2.30. The van der Waals surface area contributed by atoms with Crippen LogP contribution in [0.1, 0.15) is 40.4 Å². The van der Waals surface area contributed by atoms with Crippen LogP contribution in [0.3, 0.4) is 0 Å². The third-order valence-corrected chi connectivity index (χ3v) is 6.34. The first-order valence-corrected chi connectivity index (χ1v) is 11.5. The molecule has 0 radical (unpaired) electrons. The number of carbonyl (C=O) groups is 1. The fourth-order valence-electron chi connectivity index (χ4n) is 4.30. The van der Waals surface area contributed by atoms with Gasteiger partial charge < -0.3 is 14.2 Å². The molecule has 0 atom stereocenters. The Hall–Kier alpha value is -4.40. The van der Waals surface area contributed by atoms with E-state index < -0.39 is 17.2 Å². The smallest absolute Gasteiger partial charge is 0.338 e. The number of aromatic nitrogens is 3. The van der Waals surface area contributed by atoms with Crippen LogP contribution in [0.5, 0.6) is 11.5 Å². The van der Waals surface area contributed by atoms with Gasteiger partial charge in [0.2, 0.25) is 0 Å². The standard InChI is InChI=1S/C27H25N3O6/c1-34-18-12-8-16(9-13-18)15-29-25(31)23-19(26(32)36-3)14-20(17-10-11-17)28-24(23)30(27(29)33)21-6-4-5-7-22(21)35-2/h4-9,12-14,17H,10-11,15H2,1-3H3. The second-order valence-electron chi connectivity index (χ2n) is 8.59. The summed E-state index contributed by atoms with van der Waals surface area (Å²) >= 11 is 0. The number of hydrogen-bond donors (Lipinski definition) is 0. The zero-order valence-electron chi connectivity index (χ0n) is 20.2. The first kappa shape index (κ1) is 23.3. The van der Waals surface area contributed by atoms with Gasteiger partial charge in [-0.3, -0.25) is 9.36 Å². The average Bonchev–Trinajstić information content (AvgIpc) is 3.76. The predicted octanol–water partition coefficient (Wildman–Crippen LogP) is 3.28. The van der Waals surface area contributed by atoms with Gasteiger partial charge in [0, 0.05) is 11.6 Å². The summed E-state index contributed by atoms with van der Waals surface area (Å²) in [5.74, 6) is 0.581. The maximum absolute atomic E-state index is 13.9. The molecule has 4 aromatic rings. The van der Waals surface area contributed by atoms with E-state index in [1.807, 2.05) is 0 Å². The van der Waals surface area contributed by atoms with Crippen molar-refractivity contribution in [1.29, 1.82) is 0 Å². The van der Waals surface area contributed by atoms with Gasteiger partial charge in [0.1, 0.15) is 11.5 Å². The summed E-state index contributed by atoms with van der Waals surface area (Å²) in [5, 5.41) is 0.0188. The Kier molecular flexibility index (Phi) is 6.05. The van der Waals surface area contributed by atoms with Gasteiger partial charge in [-0.05, 0) is 48.7 Å². The number of hydrogen-bond acceptors (Lipinski definition) is 7. The van der Waals surface area contributed by atoms with E-state index >= 15 is 0 Å². The zero-order valence-corrected chi connectivity index (χ0v) is 20.2. The van der Waals surface area contributed by atoms with Gasteiger partial charge in [-0.2, -0.15) is 0 Å². The van der Waals surface area contributed by atoms with E-state index in [4.69, 9.17) is 19.2 Å². The molecular formula is C27H25N3O6. The van der Waals surface area contributed by atoms with E-state index in [9.17, 15) is 14.4 Å². The van der Waals surface area contributed by atoms with Crippen molar-refractivity contribution >= 4 is 17.0 Å². The number of pyridine rings is 1. The lowest BCUT2D eigenvalue weighted by atomic mass is 10.1. The number of benzene rings is 2. The van der Waals surface area contributed by atoms with E-state index in [1.54, 1.807) is 61.7 Å². The highest BCUT2D eigenvalue weighted by atomic mass is 16.5. The van der Waals surface area contributed by atoms with Crippen LogP contribution >= 0.6 is 0 Å². The van der Waals surface area contributed by atoms with Gasteiger partial charge in [0.05, 0.1) is 44.5 Å². The zero-order chi connectivity index (χ0) is 25.4. The molecule has 2 heterocycles. The Balaban J connectivity index is 1.87. The Morgan fingerprint density at radius 2 is 1.72 bits per heavy atom. The molecule has 1 fully saturated rings. The van der Waals surface area contributed by atoms with Crippen LogP contribution in [0, 0.1) is 0 Å². The van der Waals surface area contributed by atoms with Crippen molar-refractivity contribution in [3.05, 3.63) is 92.3 Å². The molecule has 2 aromatic carbocycles. The van der Waals surface area contributed by atoms with Gasteiger partial charge in [-0.25, -0.2) is 19.1 Å². The maximum Gasteiger partial charge on any atom is 0.338 e. The second-order valence-corrected chi connectivity index (χ2v) is 8.59. The number of carbonyl (C=O) groups excluding carboxylic acids is 1. The summed E-state index contributed by atoms with van der Waals surface area (Å²) in [6.07, 6.45) is 1.85. The number of para-hydroxylation sites is 2. The highest BCUT2D eigenvalue weighted by Crippen LogP contribution is 2.40. The number of ether oxygens (including phenoxy) is 3. The minimum absolute atomic E-state index is 0.0161. The van der Waals surface area contributed by atoms with Crippen LogP contribution in [0.15, 0.2) is 64.2 Å². The second kappa shape index (κ2) is 9.33. The molecule has 0 bridgehead atoms. The minimum Gasteiger partial charge on any atom is -0.497 e. The van der Waals surface area contributed by atoms with Crippen molar-refractivity contribution in [1.82, 2.24) is 14.1 Å². The van der Waals surface area contributed by atoms with Gasteiger partial charge in [0.15, 0.2) is 5.65 Å². The van der Waals surface area contributed by atoms with Crippen molar-refractivity contribution < 1.29 is 19.0 Å². The summed E-state index contributed by atoms with van der Waals surface area (Å²) in [4.78, 5) is 45.3. The van der Waals surface area contributed by atoms with E-state index in [0.29, 0.717) is 28.4 Å². The van der Waals surface area contributed by atoms with Crippen molar-refractivity contribution in [2.45, 2.75) is 25.3 Å². The molecule has 0 aliphatic heterocycles. The molecule has 0 spiro atoms. The van der Waals surface area contributed by atoms with Gasteiger partial charge in [0.25, 0.3) is 5.56 Å². The van der Waals surface area contributed by atoms with E-state index in [0.717, 1.165) is 17.4 Å². The number of rotatable bonds is 7. The molecule has 2 aromatic heterocycles. The summed E-state index contributed by atoms with van der Waals surface area (Å²) < 4.78 is 18.2. The lowest BCUT2D eigenvalue weighted by Crippen LogP contribution is -2.41. The molecular weight excluding hydrogens is 462 g/mol. The van der Waals surface area contributed by atoms with Crippen molar-refractivity contribution in [3.8, 4) is 17.2 Å². The molecule has 0 amide bonds. The van der Waals surface area contributed by atoms with Crippen LogP contribution in [-0.2, 0) is 11.3 Å². The highest BCUT2D eigenvalue weighted by molar-refractivity contribution is 6.02. The Morgan fingerprint density at radius 3 is 2.36 bits per heavy atom. The Morgan fingerprint density at radius 1 is 1.00 bits per heavy atom. The quantitative estimate of drug-likeness (QED) is 0.369. The lowest BCUT2D eigenvalue weighted by molar-refractivity contribution is 0.0602. The summed E-state index contributed by atoms with van der Waals surface area (Å²) in [6.45, 7) is -0.0161. The largest absolute Gasteiger partial charge is 0.497 e. The molecule has 184 valence electrons. The SMILES string of the molecule is COC(=O)c1cc(C2CC2)nc2c1c(=O)n(Cc1ccc(OC)cc1)c(=O)n2-c1ccccc1OC. The van der Waals surface area contributed by atoms with Crippen LogP contribution in [0.2, 0.25) is 0 Å². The fraction of sp³-hybridized carbons (Fsp3) is 0.259. The van der Waals surface area contributed by atoms with Crippen LogP contribution in [0.25, 0.3) is 16.7 Å². The van der Waals surface area contributed by atoms with Gasteiger partial charge >= 0.3 is 11.7 Å². The molecule has 0 unspecified atom stereocenters. The first-order chi connectivity index (χ1) is 17.5. The molecule has 1 saturated carbocycles. The number of nitrogens with zero attached hydrogens (tertiary/aromatic N) is 3. The molecule has 9 nitrogen and oxygen atoms in total. The average molecular weight is 488 g/mol. The fourth-order valence-corrected chi connectivity index (χ4v) is 4.30. The maximum atomic E-state index is 13.9. The Labute approximate surface area is 206 Å². The van der Waals surface area contributed by atoms with Crippen molar-refractivity contribution in [2.24, 2.45) is 0 Å². The summed E-state index contributed by atoms with van der Waals surface area (Å²) in [5.41, 5.74) is 0.749. The van der Waals surface area contributed by atoms with E-state index in [2.05, 4.69) is 0 Å². The molecule has 1 aliphatic rings. The van der Waals surface area contributed by atoms with Crippen LogP contribution in [-0.4, -0.2) is 41.4 Å². The van der Waals surface area contributed by atoms with Crippen molar-refractivity contribution in [2.75, 3.05) is 21.3 Å². The third-order valence-electron chi connectivity index (χ3n) is 6.34. The monoisotopic (exact) mass is 487 g/mol. The molecule has 0 N–H and O–H groups in total. The normalized spacial score (nSPS) is 13.0. The predicted molar refractivity (Wildman–Crippen MR) is 134 cm³/mol. The van der Waals surface area contributed by atoms with Crippen LogP contribution < -0.4 is 20.7 Å². The molecule has 36 heavy (non-hydrogen) atoms. The summed E-state index contributed by atoms with van der Waals surface area (Å²) in [7, 11) is 4.33. The molecule has 1 aliphatic carbocycles. The molecule has 9 heteroatoms. The number of esters is 1.